The van der Waals surface area contributed by atoms with Gasteiger partial charge in [0.25, 0.3) is 0 Å². The van der Waals surface area contributed by atoms with Gasteiger partial charge in [0, 0.05) is 12.8 Å². The van der Waals surface area contributed by atoms with E-state index in [9.17, 15) is 14.4 Å². The van der Waals surface area contributed by atoms with Gasteiger partial charge in [-0.3, -0.25) is 14.4 Å². The second-order valence-corrected chi connectivity index (χ2v) is 20.6. The molecule has 0 amide bonds. The summed E-state index contributed by atoms with van der Waals surface area (Å²) in [6.45, 7) is 6.32. The standard InChI is InChI=1S/C70H116O6/c1-4-7-10-13-16-19-22-24-26-27-28-29-30-31-32-33-34-35-36-37-38-39-40-41-42-43-45-46-48-51-54-57-60-63-69(72)75-66-67(65-74-68(71)62-59-56-53-50-21-18-15-12-9-6-3)76-70(73)64-61-58-55-52-49-47-44-25-23-20-17-14-11-8-5-2/h7-8,10-11,16-17,19-20,24-26,28-29,31-32,44,49,52,58,61,67H,4-6,9,12-15,18,21-23,27,30,33-43,45-48,50-51,53-57,59-60,62-66H2,1-3H3/b10-7-,11-8-,19-16-,20-17-,26-24-,29-28-,32-31-,44-25-,52-49-,61-58-. The van der Waals surface area contributed by atoms with Crippen molar-refractivity contribution in [2.75, 3.05) is 13.2 Å². The van der Waals surface area contributed by atoms with Crippen LogP contribution in [0.5, 0.6) is 0 Å². The van der Waals surface area contributed by atoms with E-state index in [0.717, 1.165) is 103 Å². The number of ether oxygens (including phenoxy) is 3. The molecule has 0 aromatic rings. The van der Waals surface area contributed by atoms with Gasteiger partial charge in [-0.25, -0.2) is 0 Å². The molecule has 0 aliphatic heterocycles. The van der Waals surface area contributed by atoms with Crippen LogP contribution in [-0.4, -0.2) is 37.2 Å². The lowest BCUT2D eigenvalue weighted by Gasteiger charge is -2.18. The minimum atomic E-state index is -0.831. The molecule has 0 heterocycles. The second-order valence-electron chi connectivity index (χ2n) is 20.6. The van der Waals surface area contributed by atoms with Gasteiger partial charge in [0.05, 0.1) is 6.42 Å². The van der Waals surface area contributed by atoms with E-state index >= 15 is 0 Å². The minimum Gasteiger partial charge on any atom is -0.462 e. The number of carbonyl (C=O) groups excluding carboxylic acids is 3. The van der Waals surface area contributed by atoms with Crippen LogP contribution in [0.4, 0.5) is 0 Å². The van der Waals surface area contributed by atoms with Gasteiger partial charge in [-0.1, -0.05) is 296 Å². The Hall–Kier alpha value is -4.19. The Morgan fingerprint density at radius 3 is 0.868 bits per heavy atom. The molecule has 76 heavy (non-hydrogen) atoms. The van der Waals surface area contributed by atoms with E-state index in [1.807, 2.05) is 6.08 Å². The summed E-state index contributed by atoms with van der Waals surface area (Å²) in [6, 6.07) is 0. The van der Waals surface area contributed by atoms with Crippen LogP contribution in [0.2, 0.25) is 0 Å². The zero-order valence-electron chi connectivity index (χ0n) is 49.5. The van der Waals surface area contributed by atoms with Crippen LogP contribution < -0.4 is 0 Å². The molecule has 1 unspecified atom stereocenters. The molecule has 0 saturated carbocycles. The first kappa shape index (κ1) is 71.8. The monoisotopic (exact) mass is 1050 g/mol. The van der Waals surface area contributed by atoms with Gasteiger partial charge in [0.1, 0.15) is 13.2 Å². The lowest BCUT2D eigenvalue weighted by molar-refractivity contribution is -0.166. The van der Waals surface area contributed by atoms with Gasteiger partial charge in [0.2, 0.25) is 0 Å². The molecule has 0 saturated heterocycles. The van der Waals surface area contributed by atoms with Crippen LogP contribution >= 0.6 is 0 Å². The third-order valence-corrected chi connectivity index (χ3v) is 13.2. The Morgan fingerprint density at radius 2 is 0.553 bits per heavy atom. The molecule has 1 atom stereocenters. The first-order chi connectivity index (χ1) is 37.5. The van der Waals surface area contributed by atoms with E-state index in [-0.39, 0.29) is 31.6 Å². The van der Waals surface area contributed by atoms with Gasteiger partial charge in [-0.2, -0.15) is 0 Å². The summed E-state index contributed by atoms with van der Waals surface area (Å²) >= 11 is 0. The van der Waals surface area contributed by atoms with Gasteiger partial charge < -0.3 is 14.2 Å². The molecule has 0 aliphatic rings. The van der Waals surface area contributed by atoms with Crippen LogP contribution in [0.1, 0.15) is 284 Å². The first-order valence-corrected chi connectivity index (χ1v) is 31.5. The summed E-state index contributed by atoms with van der Waals surface area (Å²) < 4.78 is 16.7. The number of hydrogen-bond acceptors (Lipinski definition) is 6. The largest absolute Gasteiger partial charge is 0.462 e. The molecule has 0 aromatic carbocycles. The quantitative estimate of drug-likeness (QED) is 0.0261. The molecule has 0 aromatic heterocycles. The van der Waals surface area contributed by atoms with E-state index in [1.54, 1.807) is 6.08 Å². The van der Waals surface area contributed by atoms with Gasteiger partial charge in [0.15, 0.2) is 6.10 Å². The summed E-state index contributed by atoms with van der Waals surface area (Å²) in [5.74, 6) is -1.04. The van der Waals surface area contributed by atoms with Crippen LogP contribution in [0.15, 0.2) is 122 Å². The fourth-order valence-electron chi connectivity index (χ4n) is 8.61. The average molecular weight is 1050 g/mol. The molecule has 0 rings (SSSR count). The molecule has 6 nitrogen and oxygen atoms in total. The molecular weight excluding hydrogens is 937 g/mol. The molecule has 0 fully saturated rings. The summed E-state index contributed by atoms with van der Waals surface area (Å²) in [6.07, 6.45) is 88.3. The van der Waals surface area contributed by atoms with Crippen molar-refractivity contribution in [3.05, 3.63) is 122 Å². The van der Waals surface area contributed by atoms with Gasteiger partial charge in [-0.05, 0) is 89.9 Å². The predicted molar refractivity (Wildman–Crippen MR) is 330 cm³/mol. The zero-order valence-corrected chi connectivity index (χ0v) is 49.5. The minimum absolute atomic E-state index is 0.0967. The van der Waals surface area contributed by atoms with Crippen molar-refractivity contribution in [2.24, 2.45) is 0 Å². The van der Waals surface area contributed by atoms with Crippen molar-refractivity contribution in [1.29, 1.82) is 0 Å². The molecule has 0 radical (unpaired) electrons. The van der Waals surface area contributed by atoms with Crippen molar-refractivity contribution in [3.8, 4) is 0 Å². The fraction of sp³-hybridized carbons (Fsp3) is 0.671. The smallest absolute Gasteiger partial charge is 0.310 e. The fourth-order valence-corrected chi connectivity index (χ4v) is 8.61. The lowest BCUT2D eigenvalue weighted by atomic mass is 10.0. The zero-order chi connectivity index (χ0) is 55.0. The van der Waals surface area contributed by atoms with Crippen molar-refractivity contribution in [1.82, 2.24) is 0 Å². The summed E-state index contributed by atoms with van der Waals surface area (Å²) in [4.78, 5) is 38.1. The Kier molecular flexibility index (Phi) is 59.9. The Labute approximate surface area is 469 Å². The third-order valence-electron chi connectivity index (χ3n) is 13.2. The first-order valence-electron chi connectivity index (χ1n) is 31.5. The number of esters is 3. The molecule has 0 N–H and O–H groups in total. The van der Waals surface area contributed by atoms with Crippen molar-refractivity contribution in [2.45, 2.75) is 290 Å². The molecule has 0 aliphatic carbocycles. The Morgan fingerprint density at radius 1 is 0.289 bits per heavy atom. The topological polar surface area (TPSA) is 78.9 Å². The van der Waals surface area contributed by atoms with E-state index in [0.29, 0.717) is 12.8 Å². The molecule has 6 heteroatoms. The number of allylic oxidation sites excluding steroid dienone is 19. The normalized spacial score (nSPS) is 12.9. The molecule has 0 spiro atoms. The van der Waals surface area contributed by atoms with Gasteiger partial charge in [-0.15, -0.1) is 0 Å². The maximum atomic E-state index is 12.8. The number of hydrogen-bond donors (Lipinski definition) is 0. The number of carbonyl (C=O) groups is 3. The SMILES string of the molecule is CC/C=C\C/C=C\C/C=C\C/C=C\C/C=C\CCCCCCCCCCCCCCCCCCCC(=O)OCC(COC(=O)CCCCCCCCCCCC)OC(=O)C/C=C\C/C=C\C/C=C\C/C=C\C/C=C\CC. The van der Waals surface area contributed by atoms with Crippen molar-refractivity contribution >= 4 is 17.9 Å². The molecule has 432 valence electrons. The van der Waals surface area contributed by atoms with Crippen molar-refractivity contribution < 1.29 is 28.6 Å². The second kappa shape index (κ2) is 63.3. The van der Waals surface area contributed by atoms with E-state index in [4.69, 9.17) is 14.2 Å². The van der Waals surface area contributed by atoms with E-state index in [2.05, 4.69) is 130 Å². The number of unbranched alkanes of at least 4 members (excludes halogenated alkanes) is 26. The van der Waals surface area contributed by atoms with Crippen molar-refractivity contribution in [3.63, 3.8) is 0 Å². The molecular formula is C70H116O6. The third kappa shape index (κ3) is 60.7. The summed E-state index contributed by atoms with van der Waals surface area (Å²) in [5.41, 5.74) is 0. The highest BCUT2D eigenvalue weighted by Crippen LogP contribution is 2.16. The highest BCUT2D eigenvalue weighted by molar-refractivity contribution is 5.72. The van der Waals surface area contributed by atoms with Crippen LogP contribution in [0.25, 0.3) is 0 Å². The van der Waals surface area contributed by atoms with E-state index < -0.39 is 12.1 Å². The predicted octanol–water partition coefficient (Wildman–Crippen LogP) is 21.6. The Bertz CT molecular complexity index is 1590. The highest BCUT2D eigenvalue weighted by Gasteiger charge is 2.19. The molecule has 0 bridgehead atoms. The highest BCUT2D eigenvalue weighted by atomic mass is 16.6. The van der Waals surface area contributed by atoms with Gasteiger partial charge >= 0.3 is 17.9 Å². The lowest BCUT2D eigenvalue weighted by Crippen LogP contribution is -2.30. The average Bonchev–Trinajstić information content (AvgIpc) is 3.42. The number of rotatable bonds is 56. The van der Waals surface area contributed by atoms with Crippen LogP contribution in [0.3, 0.4) is 0 Å². The van der Waals surface area contributed by atoms with Crippen LogP contribution in [-0.2, 0) is 28.6 Å². The van der Waals surface area contributed by atoms with E-state index in [1.165, 1.54) is 141 Å². The maximum absolute atomic E-state index is 12.8. The summed E-state index contributed by atoms with van der Waals surface area (Å²) in [5, 5.41) is 0. The summed E-state index contributed by atoms with van der Waals surface area (Å²) in [7, 11) is 0. The van der Waals surface area contributed by atoms with Crippen LogP contribution in [0, 0.1) is 0 Å². The maximum Gasteiger partial charge on any atom is 0.310 e. The Balaban J connectivity index is 4.16.